The highest BCUT2D eigenvalue weighted by atomic mass is 32.2. The van der Waals surface area contributed by atoms with Crippen molar-refractivity contribution in [1.29, 1.82) is 0 Å². The van der Waals surface area contributed by atoms with Crippen molar-refractivity contribution in [2.24, 2.45) is 0 Å². The maximum absolute atomic E-state index is 14.8. The van der Waals surface area contributed by atoms with E-state index in [1.165, 1.54) is 48.4 Å². The molecule has 4 aromatic carbocycles. The number of carbonyl (C=O) groups excluding carboxylic acids is 2. The van der Waals surface area contributed by atoms with Gasteiger partial charge in [0.2, 0.25) is 5.91 Å². The Morgan fingerprint density at radius 1 is 0.870 bits per heavy atom. The molecule has 5 rings (SSSR count). The van der Waals surface area contributed by atoms with Crippen LogP contribution >= 0.6 is 0 Å². The Labute approximate surface area is 264 Å². The third-order valence-electron chi connectivity index (χ3n) is 7.94. The van der Waals surface area contributed by atoms with Gasteiger partial charge in [0, 0.05) is 46.1 Å². The maximum Gasteiger partial charge on any atom is 0.497 e. The number of halogens is 3. The van der Waals surface area contributed by atoms with Crippen LogP contribution in [-0.4, -0.2) is 77.1 Å². The molecular formula is C33H33F3N3O6S+. The Morgan fingerprint density at radius 2 is 1.50 bits per heavy atom. The molecule has 0 fully saturated rings. The molecule has 0 saturated carbocycles. The SMILES string of the molecule is COc1ccc(S(=O)(=O)[N+]2(OC(=O)C(F)(F)F)CC(C(=O)N(CCN(C)C)Cc3ccccc3)c3ccccc32)c2ccccc12. The lowest BCUT2D eigenvalue weighted by Gasteiger charge is -2.31. The van der Waals surface area contributed by atoms with Gasteiger partial charge in [-0.2, -0.15) is 21.6 Å². The van der Waals surface area contributed by atoms with E-state index in [1.54, 1.807) is 24.3 Å². The first-order chi connectivity index (χ1) is 21.8. The van der Waals surface area contributed by atoms with Gasteiger partial charge in [0.05, 0.1) is 7.11 Å². The smallest absolute Gasteiger partial charge is 0.496 e. The Kier molecular flexibility index (Phi) is 9.12. The summed E-state index contributed by atoms with van der Waals surface area (Å²) in [6.45, 7) is 0.0735. The normalized spacial score (nSPS) is 17.9. The van der Waals surface area contributed by atoms with Crippen molar-refractivity contribution in [3.8, 4) is 5.75 Å². The fraction of sp³-hybridized carbons (Fsp3) is 0.273. The van der Waals surface area contributed by atoms with Gasteiger partial charge in [0.1, 0.15) is 16.6 Å². The van der Waals surface area contributed by atoms with Crippen LogP contribution in [0.4, 0.5) is 18.9 Å². The number of rotatable bonds is 10. The fourth-order valence-corrected chi connectivity index (χ4v) is 7.66. The highest BCUT2D eigenvalue weighted by Crippen LogP contribution is 2.49. The number of para-hydroxylation sites is 1. The molecule has 0 bridgehead atoms. The molecule has 0 saturated heterocycles. The number of amides is 1. The van der Waals surface area contributed by atoms with Crippen LogP contribution in [-0.2, 0) is 31.0 Å². The number of sulfonamides is 1. The van der Waals surface area contributed by atoms with Crippen LogP contribution in [0.2, 0.25) is 0 Å². The lowest BCUT2D eigenvalue weighted by atomic mass is 9.99. The monoisotopic (exact) mass is 656 g/mol. The zero-order valence-electron chi connectivity index (χ0n) is 25.4. The first-order valence-electron chi connectivity index (χ1n) is 14.4. The van der Waals surface area contributed by atoms with E-state index in [0.29, 0.717) is 17.7 Å². The van der Waals surface area contributed by atoms with Crippen molar-refractivity contribution in [3.05, 3.63) is 102 Å². The van der Waals surface area contributed by atoms with Crippen molar-refractivity contribution in [1.82, 2.24) is 13.9 Å². The van der Waals surface area contributed by atoms with Crippen LogP contribution < -0.4 is 8.79 Å². The Bertz CT molecular complexity index is 1870. The van der Waals surface area contributed by atoms with E-state index >= 15 is 0 Å². The summed E-state index contributed by atoms with van der Waals surface area (Å²) in [5, 5.41) is 0.524. The van der Waals surface area contributed by atoms with E-state index in [-0.39, 0.29) is 29.7 Å². The summed E-state index contributed by atoms with van der Waals surface area (Å²) in [6, 6.07) is 23.8. The van der Waals surface area contributed by atoms with Crippen LogP contribution in [0.1, 0.15) is 17.0 Å². The first-order valence-corrected chi connectivity index (χ1v) is 15.8. The molecule has 0 radical (unpaired) electrons. The molecule has 0 aliphatic carbocycles. The predicted molar refractivity (Wildman–Crippen MR) is 166 cm³/mol. The van der Waals surface area contributed by atoms with Crippen molar-refractivity contribution >= 4 is 38.4 Å². The van der Waals surface area contributed by atoms with Gasteiger partial charge in [-0.1, -0.05) is 72.8 Å². The number of alkyl halides is 3. The van der Waals surface area contributed by atoms with E-state index in [9.17, 15) is 31.2 Å². The van der Waals surface area contributed by atoms with Crippen LogP contribution in [0.25, 0.3) is 10.8 Å². The lowest BCUT2D eigenvalue weighted by molar-refractivity contribution is -0.220. The quantitative estimate of drug-likeness (QED) is 0.215. The summed E-state index contributed by atoms with van der Waals surface area (Å²) in [5.74, 6) is -4.15. The van der Waals surface area contributed by atoms with Crippen molar-refractivity contribution in [2.45, 2.75) is 23.5 Å². The van der Waals surface area contributed by atoms with Gasteiger partial charge in [0.15, 0.2) is 12.2 Å². The minimum absolute atomic E-state index is 0.145. The number of benzene rings is 4. The second-order valence-corrected chi connectivity index (χ2v) is 13.2. The number of fused-ring (bicyclic) bond motifs is 2. The van der Waals surface area contributed by atoms with Gasteiger partial charge in [-0.05, 0) is 31.8 Å². The molecule has 1 aliphatic rings. The first kappa shape index (κ1) is 32.9. The predicted octanol–water partition coefficient (Wildman–Crippen LogP) is 5.25. The lowest BCUT2D eigenvalue weighted by Crippen LogP contribution is -2.56. The topological polar surface area (TPSA) is 93.2 Å². The summed E-state index contributed by atoms with van der Waals surface area (Å²) >= 11 is 0. The largest absolute Gasteiger partial charge is 0.497 e. The van der Waals surface area contributed by atoms with Crippen molar-refractivity contribution < 1.29 is 40.8 Å². The minimum atomic E-state index is -5.52. The fourth-order valence-electron chi connectivity index (χ4n) is 5.71. The molecule has 1 amide bonds. The maximum atomic E-state index is 14.8. The summed E-state index contributed by atoms with van der Waals surface area (Å²) in [4.78, 5) is 35.0. The average molecular weight is 657 g/mol. The van der Waals surface area contributed by atoms with Crippen molar-refractivity contribution in [3.63, 3.8) is 0 Å². The third kappa shape index (κ3) is 6.05. The second-order valence-electron chi connectivity index (χ2n) is 11.2. The molecule has 0 N–H and O–H groups in total. The summed E-state index contributed by atoms with van der Waals surface area (Å²) < 4.78 is 74.5. The second kappa shape index (κ2) is 12.7. The van der Waals surface area contributed by atoms with Crippen molar-refractivity contribution in [2.75, 3.05) is 40.8 Å². The number of ether oxygens (including phenoxy) is 1. The molecule has 46 heavy (non-hydrogen) atoms. The summed E-state index contributed by atoms with van der Waals surface area (Å²) in [6.07, 6.45) is -5.52. The van der Waals surface area contributed by atoms with Gasteiger partial charge < -0.3 is 14.5 Å². The number of methoxy groups -OCH3 is 1. The van der Waals surface area contributed by atoms with E-state index in [2.05, 4.69) is 0 Å². The molecular weight excluding hydrogens is 623 g/mol. The molecule has 4 aromatic rings. The highest BCUT2D eigenvalue weighted by Gasteiger charge is 2.63. The van der Waals surface area contributed by atoms with Crippen LogP contribution in [0.5, 0.6) is 5.75 Å². The molecule has 0 aromatic heterocycles. The third-order valence-corrected chi connectivity index (χ3v) is 10.0. The van der Waals surface area contributed by atoms with Crippen LogP contribution in [0, 0.1) is 0 Å². The molecule has 242 valence electrons. The molecule has 9 nitrogen and oxygen atoms in total. The number of carbonyl (C=O) groups is 2. The van der Waals surface area contributed by atoms with Gasteiger partial charge in [-0.25, -0.2) is 9.63 Å². The average Bonchev–Trinajstić information content (AvgIpc) is 3.37. The van der Waals surface area contributed by atoms with Gasteiger partial charge in [-0.3, -0.25) is 4.79 Å². The molecule has 2 unspecified atom stereocenters. The van der Waals surface area contributed by atoms with E-state index in [0.717, 1.165) is 5.56 Å². The van der Waals surface area contributed by atoms with Gasteiger partial charge in [-0.15, -0.1) is 0 Å². The zero-order valence-corrected chi connectivity index (χ0v) is 26.2. The number of hydroxylamine groups is 1. The number of likely N-dealkylation sites (N-methyl/N-ethyl adjacent to an activating group) is 1. The Balaban J connectivity index is 1.69. The number of hydrogen-bond acceptors (Lipinski definition) is 7. The molecule has 13 heteroatoms. The van der Waals surface area contributed by atoms with Gasteiger partial charge in [0.25, 0.3) is 0 Å². The number of nitrogens with zero attached hydrogens (tertiary/aromatic N) is 3. The molecule has 1 aliphatic heterocycles. The summed E-state index contributed by atoms with van der Waals surface area (Å²) in [5.41, 5.74) is 0.694. The minimum Gasteiger partial charge on any atom is -0.496 e. The standard InChI is InChI=1S/C33H33F3N3O6S/c1-37(2)19-20-38(21-23-11-5-4-6-12-23)31(40)27-22-39(45-32(41)33(34,35)36,28-16-10-9-13-24(27)28)46(42,43)30-18-17-29(44-3)25-14-7-8-15-26(25)30/h4-18,27H,19-22H2,1-3H3/q+1. The van der Waals surface area contributed by atoms with E-state index in [4.69, 9.17) is 9.57 Å². The van der Waals surface area contributed by atoms with Crippen LogP contribution in [0.3, 0.4) is 0 Å². The molecule has 2 atom stereocenters. The number of hydrogen-bond donors (Lipinski definition) is 0. The summed E-state index contributed by atoms with van der Waals surface area (Å²) in [7, 11) is 0.0321. The van der Waals surface area contributed by atoms with Gasteiger partial charge >= 0.3 is 22.2 Å². The molecule has 1 heterocycles. The number of quaternary nitrogens is 1. The molecule has 0 spiro atoms. The van der Waals surface area contributed by atoms with E-state index in [1.807, 2.05) is 49.3 Å². The zero-order chi connectivity index (χ0) is 33.3. The Hall–Kier alpha value is -4.46. The van der Waals surface area contributed by atoms with E-state index < -0.39 is 49.5 Å². The highest BCUT2D eigenvalue weighted by molar-refractivity contribution is 7.91. The Morgan fingerprint density at radius 3 is 2.15 bits per heavy atom. The van der Waals surface area contributed by atoms with Crippen LogP contribution in [0.15, 0.2) is 95.9 Å².